The van der Waals surface area contributed by atoms with Crippen LogP contribution < -0.4 is 5.32 Å². The van der Waals surface area contributed by atoms with Crippen molar-refractivity contribution in [3.8, 4) is 0 Å². The van der Waals surface area contributed by atoms with E-state index in [4.69, 9.17) is 5.11 Å². The highest BCUT2D eigenvalue weighted by Crippen LogP contribution is 2.10. The fourth-order valence-electron chi connectivity index (χ4n) is 2.20. The van der Waals surface area contributed by atoms with Gasteiger partial charge in [-0.25, -0.2) is 0 Å². The summed E-state index contributed by atoms with van der Waals surface area (Å²) in [5.41, 5.74) is 0. The summed E-state index contributed by atoms with van der Waals surface area (Å²) in [6.07, 6.45) is 13.4. The molecule has 0 aromatic carbocycles. The molecular formula is C17H33NO2. The number of nitrogens with one attached hydrogen (secondary N) is 1. The Morgan fingerprint density at radius 3 is 2.00 bits per heavy atom. The number of unbranched alkanes of at least 4 members (excludes halogenated alkanes) is 8. The van der Waals surface area contributed by atoms with E-state index in [1.807, 2.05) is 0 Å². The van der Waals surface area contributed by atoms with Crippen LogP contribution in [-0.4, -0.2) is 17.6 Å². The van der Waals surface area contributed by atoms with Gasteiger partial charge in [-0.15, -0.1) is 0 Å². The fourth-order valence-corrected chi connectivity index (χ4v) is 2.20. The number of amides is 1. The van der Waals surface area contributed by atoms with Crippen molar-refractivity contribution in [2.24, 2.45) is 0 Å². The Labute approximate surface area is 124 Å². The van der Waals surface area contributed by atoms with E-state index in [1.54, 1.807) is 0 Å². The number of aliphatic hydroxyl groups excluding tert-OH is 1. The topological polar surface area (TPSA) is 49.3 Å². The second kappa shape index (κ2) is 14.4. The highest BCUT2D eigenvalue weighted by Gasteiger charge is 2.00. The van der Waals surface area contributed by atoms with E-state index >= 15 is 0 Å². The average Bonchev–Trinajstić information content (AvgIpc) is 2.41. The van der Waals surface area contributed by atoms with Gasteiger partial charge in [0.25, 0.3) is 0 Å². The van der Waals surface area contributed by atoms with Crippen LogP contribution in [0.15, 0.2) is 12.3 Å². The summed E-state index contributed by atoms with van der Waals surface area (Å²) in [5, 5.41) is 11.8. The SMILES string of the molecule is C=C(O)CCCNC(=O)CCCCCCCCCCC. The number of aliphatic hydroxyl groups is 1. The standard InChI is InChI=1S/C17H33NO2/c1-3-4-5-6-7-8-9-10-11-14-17(20)18-15-12-13-16(2)19/h19H,2-15H2,1H3,(H,18,20). The van der Waals surface area contributed by atoms with Crippen LogP contribution in [0.5, 0.6) is 0 Å². The Balaban J connectivity index is 3.17. The Morgan fingerprint density at radius 1 is 0.900 bits per heavy atom. The first kappa shape index (κ1) is 19.0. The lowest BCUT2D eigenvalue weighted by molar-refractivity contribution is -0.121. The third kappa shape index (κ3) is 15.1. The molecule has 0 aromatic rings. The monoisotopic (exact) mass is 283 g/mol. The first-order valence-electron chi connectivity index (χ1n) is 8.30. The van der Waals surface area contributed by atoms with Crippen LogP contribution >= 0.6 is 0 Å². The Morgan fingerprint density at radius 2 is 1.45 bits per heavy atom. The number of allylic oxidation sites excluding steroid dienone is 1. The third-order valence-corrected chi connectivity index (χ3v) is 3.47. The molecule has 118 valence electrons. The van der Waals surface area contributed by atoms with Crippen molar-refractivity contribution in [1.29, 1.82) is 0 Å². The van der Waals surface area contributed by atoms with Crippen molar-refractivity contribution in [3.05, 3.63) is 12.3 Å². The van der Waals surface area contributed by atoms with Crippen LogP contribution in [0.3, 0.4) is 0 Å². The number of hydrogen-bond donors (Lipinski definition) is 2. The zero-order valence-corrected chi connectivity index (χ0v) is 13.3. The van der Waals surface area contributed by atoms with Gasteiger partial charge in [0.15, 0.2) is 0 Å². The summed E-state index contributed by atoms with van der Waals surface area (Å²) in [6, 6.07) is 0. The van der Waals surface area contributed by atoms with E-state index in [0.717, 1.165) is 19.3 Å². The molecule has 0 atom stereocenters. The molecule has 0 rings (SSSR count). The molecule has 0 heterocycles. The van der Waals surface area contributed by atoms with Crippen LogP contribution in [0.4, 0.5) is 0 Å². The minimum Gasteiger partial charge on any atom is -0.513 e. The van der Waals surface area contributed by atoms with Gasteiger partial charge < -0.3 is 10.4 Å². The van der Waals surface area contributed by atoms with Crippen molar-refractivity contribution in [1.82, 2.24) is 5.32 Å². The molecule has 20 heavy (non-hydrogen) atoms. The van der Waals surface area contributed by atoms with E-state index in [2.05, 4.69) is 18.8 Å². The first-order chi connectivity index (χ1) is 9.66. The molecular weight excluding hydrogens is 250 g/mol. The number of carbonyl (C=O) groups is 1. The maximum atomic E-state index is 11.5. The molecule has 0 saturated heterocycles. The van der Waals surface area contributed by atoms with Gasteiger partial charge in [0.1, 0.15) is 0 Å². The maximum Gasteiger partial charge on any atom is 0.219 e. The minimum atomic E-state index is 0.136. The largest absolute Gasteiger partial charge is 0.513 e. The van der Waals surface area contributed by atoms with Crippen LogP contribution in [0.2, 0.25) is 0 Å². The van der Waals surface area contributed by atoms with Crippen molar-refractivity contribution in [2.75, 3.05) is 6.54 Å². The van der Waals surface area contributed by atoms with Crippen molar-refractivity contribution in [3.63, 3.8) is 0 Å². The lowest BCUT2D eigenvalue weighted by Crippen LogP contribution is -2.24. The Bertz CT molecular complexity index is 251. The Kier molecular flexibility index (Phi) is 13.7. The highest BCUT2D eigenvalue weighted by molar-refractivity contribution is 5.75. The summed E-state index contributed by atoms with van der Waals surface area (Å²) in [6.45, 7) is 6.29. The normalized spacial score (nSPS) is 10.4. The molecule has 3 nitrogen and oxygen atoms in total. The van der Waals surface area contributed by atoms with Crippen LogP contribution in [0.25, 0.3) is 0 Å². The fraction of sp³-hybridized carbons (Fsp3) is 0.824. The van der Waals surface area contributed by atoms with Crippen LogP contribution in [0.1, 0.15) is 84.0 Å². The molecule has 0 radical (unpaired) electrons. The first-order valence-corrected chi connectivity index (χ1v) is 8.30. The van der Waals surface area contributed by atoms with Crippen molar-refractivity contribution >= 4 is 5.91 Å². The maximum absolute atomic E-state index is 11.5. The molecule has 0 spiro atoms. The molecule has 0 aliphatic carbocycles. The summed E-state index contributed by atoms with van der Waals surface area (Å²) >= 11 is 0. The zero-order valence-electron chi connectivity index (χ0n) is 13.3. The molecule has 1 amide bonds. The van der Waals surface area contributed by atoms with Crippen molar-refractivity contribution in [2.45, 2.75) is 84.0 Å². The summed E-state index contributed by atoms with van der Waals surface area (Å²) in [7, 11) is 0. The van der Waals surface area contributed by atoms with Crippen molar-refractivity contribution < 1.29 is 9.90 Å². The van der Waals surface area contributed by atoms with E-state index in [-0.39, 0.29) is 11.7 Å². The van der Waals surface area contributed by atoms with E-state index < -0.39 is 0 Å². The smallest absolute Gasteiger partial charge is 0.219 e. The predicted octanol–water partition coefficient (Wildman–Crippen LogP) is 4.88. The lowest BCUT2D eigenvalue weighted by atomic mass is 10.1. The zero-order chi connectivity index (χ0) is 15.1. The quantitative estimate of drug-likeness (QED) is 0.353. The van der Waals surface area contributed by atoms with Gasteiger partial charge in [-0.05, 0) is 12.8 Å². The van der Waals surface area contributed by atoms with Gasteiger partial charge >= 0.3 is 0 Å². The molecule has 0 fully saturated rings. The van der Waals surface area contributed by atoms with Crippen LogP contribution in [0, 0.1) is 0 Å². The molecule has 3 heteroatoms. The van der Waals surface area contributed by atoms with E-state index in [1.165, 1.54) is 44.9 Å². The van der Waals surface area contributed by atoms with Gasteiger partial charge in [0.2, 0.25) is 5.91 Å². The molecule has 0 unspecified atom stereocenters. The minimum absolute atomic E-state index is 0.136. The molecule has 0 saturated carbocycles. The number of rotatable bonds is 14. The molecule has 0 bridgehead atoms. The predicted molar refractivity (Wildman–Crippen MR) is 85.9 cm³/mol. The molecule has 0 aliphatic rings. The summed E-state index contributed by atoms with van der Waals surface area (Å²) in [4.78, 5) is 11.5. The average molecular weight is 283 g/mol. The van der Waals surface area contributed by atoms with Crippen LogP contribution in [-0.2, 0) is 4.79 Å². The second-order valence-corrected chi connectivity index (χ2v) is 5.60. The number of carbonyl (C=O) groups excluding carboxylic acids is 1. The molecule has 2 N–H and O–H groups in total. The molecule has 0 aromatic heterocycles. The van der Waals surface area contributed by atoms with Gasteiger partial charge in [-0.2, -0.15) is 0 Å². The van der Waals surface area contributed by atoms with Gasteiger partial charge in [-0.3, -0.25) is 4.79 Å². The van der Waals surface area contributed by atoms with Gasteiger partial charge in [0.05, 0.1) is 5.76 Å². The highest BCUT2D eigenvalue weighted by atomic mass is 16.3. The summed E-state index contributed by atoms with van der Waals surface area (Å²) in [5.74, 6) is 0.328. The Hall–Kier alpha value is -0.990. The van der Waals surface area contributed by atoms with Gasteiger partial charge in [-0.1, -0.05) is 64.9 Å². The van der Waals surface area contributed by atoms with Gasteiger partial charge in [0, 0.05) is 19.4 Å². The third-order valence-electron chi connectivity index (χ3n) is 3.47. The lowest BCUT2D eigenvalue weighted by Gasteiger charge is -2.05. The molecule has 0 aliphatic heterocycles. The second-order valence-electron chi connectivity index (χ2n) is 5.60. The number of hydrogen-bond acceptors (Lipinski definition) is 2. The summed E-state index contributed by atoms with van der Waals surface area (Å²) < 4.78 is 0. The van der Waals surface area contributed by atoms with E-state index in [9.17, 15) is 4.79 Å². The van der Waals surface area contributed by atoms with E-state index in [0.29, 0.717) is 19.4 Å².